The van der Waals surface area contributed by atoms with Crippen LogP contribution in [0.25, 0.3) is 0 Å². The van der Waals surface area contributed by atoms with E-state index in [-0.39, 0.29) is 12.3 Å². The van der Waals surface area contributed by atoms with Gasteiger partial charge in [0.15, 0.2) is 5.17 Å². The van der Waals surface area contributed by atoms with Gasteiger partial charge in [-0.05, 0) is 0 Å². The summed E-state index contributed by atoms with van der Waals surface area (Å²) in [5, 5.41) is 1.67. The summed E-state index contributed by atoms with van der Waals surface area (Å²) in [6, 6.07) is 0. The molecule has 0 aromatic carbocycles. The second-order valence-corrected chi connectivity index (χ2v) is 4.67. The van der Waals surface area contributed by atoms with Crippen molar-refractivity contribution in [1.29, 1.82) is 0 Å². The van der Waals surface area contributed by atoms with Crippen LogP contribution in [-0.2, 0) is 4.79 Å². The van der Waals surface area contributed by atoms with Gasteiger partial charge in [-0.2, -0.15) is 26.3 Å². The molecule has 0 bridgehead atoms. The summed E-state index contributed by atoms with van der Waals surface area (Å²) in [5.74, 6) is -1.19. The molecule has 0 aliphatic carbocycles. The Bertz CT molecular complexity index is 377. The zero-order valence-electron chi connectivity index (χ0n) is 9.45. The van der Waals surface area contributed by atoms with Gasteiger partial charge in [-0.3, -0.25) is 9.79 Å². The molecule has 19 heavy (non-hydrogen) atoms. The first-order chi connectivity index (χ1) is 8.49. The smallest absolute Gasteiger partial charge is 0.327 e. The number of aliphatic imine (C=N–C) groups is 1. The monoisotopic (exact) mass is 309 g/mol. The molecule has 0 fully saturated rings. The summed E-state index contributed by atoms with van der Waals surface area (Å²) >= 11 is 0.716. The lowest BCUT2D eigenvalue weighted by atomic mass is 10.1. The van der Waals surface area contributed by atoms with Gasteiger partial charge in [0.25, 0.3) is 0 Å². The number of hydrogen-bond acceptors (Lipinski definition) is 4. The van der Waals surface area contributed by atoms with Gasteiger partial charge in [-0.1, -0.05) is 11.8 Å². The van der Waals surface area contributed by atoms with Crippen molar-refractivity contribution in [2.45, 2.75) is 24.9 Å². The van der Waals surface area contributed by atoms with Crippen molar-refractivity contribution in [3.05, 3.63) is 0 Å². The van der Waals surface area contributed by atoms with E-state index in [9.17, 15) is 31.1 Å². The lowest BCUT2D eigenvalue weighted by Gasteiger charge is -2.38. The van der Waals surface area contributed by atoms with Crippen molar-refractivity contribution >= 4 is 22.8 Å². The number of carbonyl (C=O) groups is 1. The van der Waals surface area contributed by atoms with Crippen LogP contribution >= 0.6 is 11.8 Å². The highest BCUT2D eigenvalue weighted by molar-refractivity contribution is 8.14. The van der Waals surface area contributed by atoms with Crippen molar-refractivity contribution in [2.24, 2.45) is 4.99 Å². The van der Waals surface area contributed by atoms with E-state index < -0.39 is 29.1 Å². The van der Waals surface area contributed by atoms with Crippen LogP contribution in [0, 0.1) is 0 Å². The third-order valence-electron chi connectivity index (χ3n) is 2.09. The molecule has 1 amide bonds. The first kappa shape index (κ1) is 15.9. The molecule has 1 rings (SSSR count). The number of amides is 1. The minimum absolute atomic E-state index is 0.110. The zero-order chi connectivity index (χ0) is 14.9. The number of thioether (sulfide) groups is 1. The molecule has 0 spiro atoms. The van der Waals surface area contributed by atoms with Gasteiger partial charge in [-0.25, -0.2) is 0 Å². The summed E-state index contributed by atoms with van der Waals surface area (Å²) in [7, 11) is 0. The van der Waals surface area contributed by atoms with Gasteiger partial charge in [0.2, 0.25) is 5.91 Å². The van der Waals surface area contributed by atoms with Crippen LogP contribution in [0.4, 0.5) is 26.3 Å². The quantitative estimate of drug-likeness (QED) is 0.602. The molecule has 0 saturated heterocycles. The molecule has 11 heteroatoms. The SMILES string of the molecule is CC(=O)NC(NC1=NCCS1)(C(F)(F)F)C(F)(F)F. The van der Waals surface area contributed by atoms with Crippen LogP contribution in [0.2, 0.25) is 0 Å². The van der Waals surface area contributed by atoms with E-state index in [1.807, 2.05) is 0 Å². The number of hydrogen-bond donors (Lipinski definition) is 2. The van der Waals surface area contributed by atoms with Gasteiger partial charge in [0.05, 0.1) is 6.54 Å². The van der Waals surface area contributed by atoms with Crippen molar-refractivity contribution < 1.29 is 31.1 Å². The summed E-state index contributed by atoms with van der Waals surface area (Å²) in [6.07, 6.45) is -11.6. The number of rotatable bonds is 2. The second-order valence-electron chi connectivity index (χ2n) is 3.59. The molecule has 0 aromatic heterocycles. The first-order valence-corrected chi connectivity index (χ1v) is 5.86. The number of alkyl halides is 6. The number of amidine groups is 1. The van der Waals surface area contributed by atoms with Crippen LogP contribution < -0.4 is 10.6 Å². The third-order valence-corrected chi connectivity index (χ3v) is 2.99. The van der Waals surface area contributed by atoms with E-state index in [1.54, 1.807) is 0 Å². The predicted molar refractivity (Wildman–Crippen MR) is 56.6 cm³/mol. The highest BCUT2D eigenvalue weighted by atomic mass is 32.2. The Kier molecular flexibility index (Phi) is 4.27. The molecule has 0 aromatic rings. The molecule has 4 nitrogen and oxygen atoms in total. The Labute approximate surface area is 108 Å². The molecule has 1 aliphatic rings. The largest absolute Gasteiger partial charge is 0.439 e. The average Bonchev–Trinajstić information content (AvgIpc) is 2.64. The standard InChI is InChI=1S/C8H9F6N3OS/c1-4(18)16-6(7(9,10)11,8(12,13)14)17-5-15-2-3-19-5/h2-3H2,1H3,(H,15,17)(H,16,18). The summed E-state index contributed by atoms with van der Waals surface area (Å²) in [6.45, 7) is 0.677. The van der Waals surface area contributed by atoms with E-state index in [0.717, 1.165) is 5.32 Å². The third kappa shape index (κ3) is 3.25. The van der Waals surface area contributed by atoms with Crippen LogP contribution in [0.3, 0.4) is 0 Å². The van der Waals surface area contributed by atoms with E-state index in [0.29, 0.717) is 18.7 Å². The van der Waals surface area contributed by atoms with E-state index >= 15 is 0 Å². The van der Waals surface area contributed by atoms with Crippen LogP contribution in [0.1, 0.15) is 6.92 Å². The van der Waals surface area contributed by atoms with E-state index in [1.165, 1.54) is 5.32 Å². The molecule has 0 atom stereocenters. The molecule has 1 aliphatic heterocycles. The predicted octanol–water partition coefficient (Wildman–Crippen LogP) is 1.64. The minimum atomic E-state index is -5.78. The molecule has 0 unspecified atom stereocenters. The van der Waals surface area contributed by atoms with Gasteiger partial charge in [-0.15, -0.1) is 0 Å². The maximum absolute atomic E-state index is 12.8. The lowest BCUT2D eigenvalue weighted by Crippen LogP contribution is -2.75. The molecule has 0 radical (unpaired) electrons. The van der Waals surface area contributed by atoms with Crippen molar-refractivity contribution in [1.82, 2.24) is 10.6 Å². The summed E-state index contributed by atoms with van der Waals surface area (Å²) in [4.78, 5) is 14.2. The topological polar surface area (TPSA) is 53.5 Å². The molecule has 2 N–H and O–H groups in total. The Morgan fingerprint density at radius 2 is 1.74 bits per heavy atom. The van der Waals surface area contributed by atoms with Crippen molar-refractivity contribution in [3.8, 4) is 0 Å². The lowest BCUT2D eigenvalue weighted by molar-refractivity contribution is -0.310. The van der Waals surface area contributed by atoms with Gasteiger partial charge >= 0.3 is 18.0 Å². The van der Waals surface area contributed by atoms with Gasteiger partial charge in [0.1, 0.15) is 0 Å². The second kappa shape index (κ2) is 5.10. The van der Waals surface area contributed by atoms with Crippen LogP contribution in [0.5, 0.6) is 0 Å². The molecular weight excluding hydrogens is 300 g/mol. The van der Waals surface area contributed by atoms with Crippen molar-refractivity contribution in [2.75, 3.05) is 12.3 Å². The highest BCUT2D eigenvalue weighted by Crippen LogP contribution is 2.41. The van der Waals surface area contributed by atoms with E-state index in [2.05, 4.69) is 4.99 Å². The van der Waals surface area contributed by atoms with Crippen LogP contribution in [-0.4, -0.2) is 41.4 Å². The number of nitrogens with one attached hydrogen (secondary N) is 2. The maximum Gasteiger partial charge on any atom is 0.439 e. The molecule has 0 saturated carbocycles. The summed E-state index contributed by atoms with van der Waals surface area (Å²) in [5.41, 5.74) is -4.54. The Hall–Kier alpha value is -1.13. The van der Waals surface area contributed by atoms with E-state index in [4.69, 9.17) is 0 Å². The average molecular weight is 309 g/mol. The normalized spacial score (nSPS) is 17.1. The van der Waals surface area contributed by atoms with Crippen LogP contribution in [0.15, 0.2) is 4.99 Å². The number of halogens is 6. The molecule has 1 heterocycles. The number of nitrogens with zero attached hydrogens (tertiary/aromatic N) is 1. The van der Waals surface area contributed by atoms with Gasteiger partial charge < -0.3 is 10.6 Å². The fourth-order valence-electron chi connectivity index (χ4n) is 1.31. The Balaban J connectivity index is 3.21. The minimum Gasteiger partial charge on any atom is -0.327 e. The fraction of sp³-hybridized carbons (Fsp3) is 0.750. The maximum atomic E-state index is 12.8. The van der Waals surface area contributed by atoms with Gasteiger partial charge in [0, 0.05) is 12.7 Å². The Morgan fingerprint density at radius 3 is 2.05 bits per heavy atom. The fourth-order valence-corrected chi connectivity index (χ4v) is 2.09. The first-order valence-electron chi connectivity index (χ1n) is 4.87. The molecule has 110 valence electrons. The number of carbonyl (C=O) groups excluding carboxylic acids is 1. The zero-order valence-corrected chi connectivity index (χ0v) is 10.3. The Morgan fingerprint density at radius 1 is 1.21 bits per heavy atom. The van der Waals surface area contributed by atoms with Crippen molar-refractivity contribution in [3.63, 3.8) is 0 Å². The highest BCUT2D eigenvalue weighted by Gasteiger charge is 2.72. The molecular formula is C8H9F6N3OS. The summed E-state index contributed by atoms with van der Waals surface area (Å²) < 4.78 is 76.9.